The van der Waals surface area contributed by atoms with Crippen LogP contribution in [0.15, 0.2) is 23.6 Å². The molecule has 6 nitrogen and oxygen atoms in total. The van der Waals surface area contributed by atoms with Crippen molar-refractivity contribution in [1.29, 1.82) is 0 Å². The van der Waals surface area contributed by atoms with Gasteiger partial charge in [0.05, 0.1) is 0 Å². The summed E-state index contributed by atoms with van der Waals surface area (Å²) in [5, 5.41) is 3.66. The van der Waals surface area contributed by atoms with Crippen molar-refractivity contribution in [2.24, 2.45) is 0 Å². The number of rotatable bonds is 6. The largest absolute Gasteiger partial charge is 0.333 e. The molecule has 8 heteroatoms. The van der Waals surface area contributed by atoms with Gasteiger partial charge in [0.1, 0.15) is 5.82 Å². The number of nitrogens with one attached hydrogen (secondary N) is 2. The second kappa shape index (κ2) is 9.05. The molecule has 2 N–H and O–H groups in total. The lowest BCUT2D eigenvalue weighted by Crippen LogP contribution is -2.34. The van der Waals surface area contributed by atoms with E-state index in [0.29, 0.717) is 16.8 Å². The van der Waals surface area contributed by atoms with Crippen molar-refractivity contribution in [1.82, 2.24) is 9.62 Å². The summed E-state index contributed by atoms with van der Waals surface area (Å²) in [7, 11) is -1.99. The van der Waals surface area contributed by atoms with Gasteiger partial charge in [-0.15, -0.1) is 0 Å². The Bertz CT molecular complexity index is 821. The van der Waals surface area contributed by atoms with Crippen LogP contribution in [0.25, 0.3) is 0 Å². The zero-order valence-corrected chi connectivity index (χ0v) is 17.9. The molecule has 1 unspecified atom stereocenters. The first-order valence-electron chi connectivity index (χ1n) is 9.55. The van der Waals surface area contributed by atoms with Gasteiger partial charge in [-0.1, -0.05) is 33.8 Å². The standard InChI is InChI=1S/C20H30FN3O3S/c1-13(2)17-11-15(21)12-18(14(3)4)19(17)22-20(25)23-28(26,27)10-8-16-7-6-9-24(16)5/h8,10-14,16H,6-7,9H2,1-5H3,(H2,22,23,25)/b10-8+. The molecule has 0 aromatic heterocycles. The summed E-state index contributed by atoms with van der Waals surface area (Å²) in [6.07, 6.45) is 3.50. The Kier molecular flexibility index (Phi) is 7.22. The number of anilines is 1. The first kappa shape index (κ1) is 22.4. The Morgan fingerprint density at radius 2 is 1.79 bits per heavy atom. The van der Waals surface area contributed by atoms with Gasteiger partial charge in [0, 0.05) is 17.1 Å². The van der Waals surface area contributed by atoms with Crippen LogP contribution in [-0.4, -0.2) is 39.0 Å². The molecule has 2 rings (SSSR count). The first-order valence-corrected chi connectivity index (χ1v) is 11.1. The Labute approximate surface area is 167 Å². The Hall–Kier alpha value is -1.93. The zero-order chi connectivity index (χ0) is 21.1. The summed E-state index contributed by atoms with van der Waals surface area (Å²) in [5.41, 5.74) is 1.71. The molecular weight excluding hydrogens is 381 g/mol. The van der Waals surface area contributed by atoms with Crippen LogP contribution >= 0.6 is 0 Å². The highest BCUT2D eigenvalue weighted by atomic mass is 32.2. The molecule has 1 fully saturated rings. The molecule has 0 saturated carbocycles. The molecule has 1 heterocycles. The average Bonchev–Trinajstić information content (AvgIpc) is 2.98. The summed E-state index contributed by atoms with van der Waals surface area (Å²) in [4.78, 5) is 14.4. The second-order valence-corrected chi connectivity index (χ2v) is 9.45. The molecule has 0 radical (unpaired) electrons. The lowest BCUT2D eigenvalue weighted by molar-refractivity contribution is 0.256. The Balaban J connectivity index is 2.19. The van der Waals surface area contributed by atoms with E-state index in [-0.39, 0.29) is 23.7 Å². The molecule has 1 aromatic carbocycles. The Morgan fingerprint density at radius 1 is 1.21 bits per heavy atom. The third-order valence-corrected chi connectivity index (χ3v) is 5.92. The van der Waals surface area contributed by atoms with E-state index in [1.165, 1.54) is 12.1 Å². The number of carbonyl (C=O) groups is 1. The lowest BCUT2D eigenvalue weighted by atomic mass is 9.92. The van der Waals surface area contributed by atoms with E-state index in [9.17, 15) is 17.6 Å². The van der Waals surface area contributed by atoms with E-state index in [2.05, 4.69) is 10.2 Å². The van der Waals surface area contributed by atoms with Gasteiger partial charge in [0.15, 0.2) is 0 Å². The summed E-state index contributed by atoms with van der Waals surface area (Å²) in [5.74, 6) is -0.467. The maximum atomic E-state index is 14.0. The predicted molar refractivity (Wildman–Crippen MR) is 110 cm³/mol. The van der Waals surface area contributed by atoms with Crippen molar-refractivity contribution in [2.45, 2.75) is 58.4 Å². The van der Waals surface area contributed by atoms with Gasteiger partial charge in [-0.2, -0.15) is 0 Å². The van der Waals surface area contributed by atoms with E-state index >= 15 is 0 Å². The molecular formula is C20H30FN3O3S. The molecule has 1 aliphatic rings. The molecule has 0 spiro atoms. The maximum absolute atomic E-state index is 14.0. The molecule has 2 amide bonds. The second-order valence-electron chi connectivity index (χ2n) is 7.89. The fourth-order valence-corrected chi connectivity index (χ4v) is 4.15. The van der Waals surface area contributed by atoms with Gasteiger partial charge in [-0.25, -0.2) is 22.3 Å². The van der Waals surface area contributed by atoms with Crippen LogP contribution in [0, 0.1) is 5.82 Å². The first-order chi connectivity index (χ1) is 13.0. The SMILES string of the molecule is CC(C)c1cc(F)cc(C(C)C)c1NC(=O)NS(=O)(=O)/C=C/C1CCCN1C. The molecule has 0 aliphatic carbocycles. The topological polar surface area (TPSA) is 78.5 Å². The van der Waals surface area contributed by atoms with Crippen LogP contribution in [0.4, 0.5) is 14.9 Å². The van der Waals surface area contributed by atoms with Crippen LogP contribution in [0.3, 0.4) is 0 Å². The summed E-state index contributed by atoms with van der Waals surface area (Å²) < 4.78 is 40.5. The number of nitrogens with zero attached hydrogens (tertiary/aromatic N) is 1. The van der Waals surface area contributed by atoms with Crippen LogP contribution in [0.1, 0.15) is 63.5 Å². The zero-order valence-electron chi connectivity index (χ0n) is 17.1. The lowest BCUT2D eigenvalue weighted by Gasteiger charge is -2.20. The predicted octanol–water partition coefficient (Wildman–Crippen LogP) is 4.13. The molecule has 1 atom stereocenters. The maximum Gasteiger partial charge on any atom is 0.333 e. The molecule has 0 bridgehead atoms. The Morgan fingerprint density at radius 3 is 2.25 bits per heavy atom. The minimum Gasteiger partial charge on any atom is -0.307 e. The van der Waals surface area contributed by atoms with E-state index in [4.69, 9.17) is 0 Å². The van der Waals surface area contributed by atoms with E-state index < -0.39 is 16.1 Å². The third-order valence-electron chi connectivity index (χ3n) is 4.94. The van der Waals surface area contributed by atoms with Crippen molar-refractivity contribution in [3.63, 3.8) is 0 Å². The van der Waals surface area contributed by atoms with E-state index in [1.54, 1.807) is 6.08 Å². The van der Waals surface area contributed by atoms with Gasteiger partial charge < -0.3 is 5.32 Å². The highest BCUT2D eigenvalue weighted by molar-refractivity contribution is 7.92. The number of amides is 2. The average molecular weight is 412 g/mol. The van der Waals surface area contributed by atoms with Crippen LogP contribution in [-0.2, 0) is 10.0 Å². The number of hydrogen-bond acceptors (Lipinski definition) is 4. The number of likely N-dealkylation sites (N-methyl/N-ethyl adjacent to an activating group) is 1. The van der Waals surface area contributed by atoms with Gasteiger partial charge in [0.2, 0.25) is 0 Å². The van der Waals surface area contributed by atoms with Gasteiger partial charge in [0.25, 0.3) is 10.0 Å². The summed E-state index contributed by atoms with van der Waals surface area (Å²) >= 11 is 0. The fraction of sp³-hybridized carbons (Fsp3) is 0.550. The number of benzene rings is 1. The van der Waals surface area contributed by atoms with E-state index in [0.717, 1.165) is 24.8 Å². The number of sulfonamides is 1. The number of urea groups is 1. The summed E-state index contributed by atoms with van der Waals surface area (Å²) in [6.45, 7) is 8.47. The van der Waals surface area contributed by atoms with Crippen LogP contribution in [0.2, 0.25) is 0 Å². The van der Waals surface area contributed by atoms with Crippen molar-refractivity contribution in [3.05, 3.63) is 40.6 Å². The minimum absolute atomic E-state index is 0.0436. The van der Waals surface area contributed by atoms with Crippen LogP contribution < -0.4 is 10.0 Å². The van der Waals surface area contributed by atoms with Crippen molar-refractivity contribution >= 4 is 21.7 Å². The highest BCUT2D eigenvalue weighted by Crippen LogP contribution is 2.33. The van der Waals surface area contributed by atoms with E-state index in [1.807, 2.05) is 39.5 Å². The quantitative estimate of drug-likeness (QED) is 0.738. The minimum atomic E-state index is -3.93. The van der Waals surface area contributed by atoms with Gasteiger partial charge in [-0.3, -0.25) is 4.90 Å². The highest BCUT2D eigenvalue weighted by Gasteiger charge is 2.21. The molecule has 1 saturated heterocycles. The van der Waals surface area contributed by atoms with Crippen molar-refractivity contribution < 1.29 is 17.6 Å². The number of likely N-dealkylation sites (tertiary alicyclic amines) is 1. The molecule has 1 aromatic rings. The third kappa shape index (κ3) is 5.78. The van der Waals surface area contributed by atoms with Crippen molar-refractivity contribution in [3.8, 4) is 0 Å². The normalized spacial score (nSPS) is 18.4. The molecule has 1 aliphatic heterocycles. The number of carbonyl (C=O) groups excluding carboxylic acids is 1. The fourth-order valence-electron chi connectivity index (χ4n) is 3.38. The van der Waals surface area contributed by atoms with Gasteiger partial charge in [-0.05, 0) is 61.5 Å². The summed E-state index contributed by atoms with van der Waals surface area (Å²) in [6, 6.07) is 1.93. The smallest absolute Gasteiger partial charge is 0.307 e. The van der Waals surface area contributed by atoms with Crippen molar-refractivity contribution in [2.75, 3.05) is 18.9 Å². The molecule has 156 valence electrons. The van der Waals surface area contributed by atoms with Gasteiger partial charge >= 0.3 is 6.03 Å². The molecule has 28 heavy (non-hydrogen) atoms. The monoisotopic (exact) mass is 411 g/mol. The van der Waals surface area contributed by atoms with Crippen LogP contribution in [0.5, 0.6) is 0 Å². The number of hydrogen-bond donors (Lipinski definition) is 2. The number of halogens is 1.